The molecule has 11 heteroatoms. The highest BCUT2D eigenvalue weighted by Gasteiger charge is 2.60. The Balaban J connectivity index is 0.746. The van der Waals surface area contributed by atoms with Crippen LogP contribution in [-0.4, -0.2) is 132 Å². The average molecular weight is 1450 g/mol. The molecule has 12 bridgehead atoms. The SMILES string of the molecule is C[C@@H]1CCC[C@@H](C)[C@H]2CC[C@@H](C2)[C@H]2CC[C@H](CCOC[C@@H](CO[C@@H]3[C@@H](O)[C@@H](O)[C@@H](O)[C@]3(O)CO)OCC[C@@H](C)CCC[C@@H]3CC[C@H](C3)[C@H](C)CCC[C@H](C)CC[C@@H](C)CCC[C@@H](C)[C@@H]3CC[C@H](C3)[C@@H]3CC[C@@H](CCOC[C@H](CO)OCC[C@@H](C)CCC[C@H]4CC[C@H](C4)[C@H](C)CCC[C@H](C)CC1)C3)C2. The zero-order chi connectivity index (χ0) is 73.7. The minimum atomic E-state index is -2.18. The second-order valence-corrected chi connectivity index (χ2v) is 39.5. The van der Waals surface area contributed by atoms with Gasteiger partial charge in [0, 0.05) is 26.4 Å². The van der Waals surface area contributed by atoms with E-state index in [0.29, 0.717) is 44.2 Å². The monoisotopic (exact) mass is 1450 g/mol. The Labute approximate surface area is 634 Å². The third-order valence-corrected chi connectivity index (χ3v) is 31.0. The van der Waals surface area contributed by atoms with Crippen molar-refractivity contribution < 1.29 is 54.3 Å². The van der Waals surface area contributed by atoms with Crippen LogP contribution in [-0.2, 0) is 23.7 Å². The Morgan fingerprint density at radius 2 is 0.621 bits per heavy atom. The molecule has 0 amide bonds. The molecule has 1 heterocycles. The molecule has 6 N–H and O–H groups in total. The average Bonchev–Trinajstić information content (AvgIpc) is 1.62. The van der Waals surface area contributed by atoms with Crippen LogP contribution in [0, 0.1) is 130 Å². The number of rotatable bonds is 5. The maximum atomic E-state index is 11.1. The molecular formula is C92H170O11. The number of ether oxygens (including phenoxy) is 5. The van der Waals surface area contributed by atoms with Crippen molar-refractivity contribution in [3.05, 3.63) is 0 Å². The Hall–Kier alpha value is -0.440. The first-order valence-electron chi connectivity index (χ1n) is 45.7. The summed E-state index contributed by atoms with van der Waals surface area (Å²) in [5.74, 6) is 18.4. The molecule has 11 nitrogen and oxygen atoms in total. The van der Waals surface area contributed by atoms with Gasteiger partial charge in [0.2, 0.25) is 0 Å². The van der Waals surface area contributed by atoms with Crippen LogP contribution >= 0.6 is 0 Å². The summed E-state index contributed by atoms with van der Waals surface area (Å²) < 4.78 is 31.4. The standard InChI is InChI=1S/C92H170O11/c1-64-17-11-23-70(7)78-37-33-74(53-78)27-15-21-68(5)45-51-101-86(59-93)60-99-49-47-76-35-39-82(55-76)84-43-41-80(57-84)72(9)25-13-19-66(3)31-30-65(2)18-12-24-71(8)79-38-34-75(54-79)28-16-22-69(6)46-52-102-87(62-103-91-89(96)88(95)90(97)92(91,98)63-94)61-100-50-48-77-36-40-83(56-77)85-44-42-81(58-85)73(10)26-14-20-67(4)32-29-64/h64-91,93-98H,11-63H2,1-10H3/t64-,65-,66-,67+,68-,69-,70+,71+,72+,73+,74-,75+,76-,77+,78+,79+,80+,81-,82+,83-,84+,85-,86-,87-,88+,89-,90+,91+,92+/m0/s1. The van der Waals surface area contributed by atoms with Gasteiger partial charge in [-0.2, -0.15) is 0 Å². The third-order valence-electron chi connectivity index (χ3n) is 31.0. The molecule has 103 heavy (non-hydrogen) atoms. The zero-order valence-corrected chi connectivity index (χ0v) is 68.9. The van der Waals surface area contributed by atoms with Gasteiger partial charge in [-0.05, 0) is 246 Å². The molecule has 29 atom stereocenters. The summed E-state index contributed by atoms with van der Waals surface area (Å²) >= 11 is 0. The van der Waals surface area contributed by atoms with Gasteiger partial charge in [0.15, 0.2) is 0 Å². The molecule has 1 saturated heterocycles. The molecule has 0 radical (unpaired) electrons. The first-order chi connectivity index (χ1) is 49.7. The summed E-state index contributed by atoms with van der Waals surface area (Å²) in [6.45, 7) is 28.0. The zero-order valence-electron chi connectivity index (χ0n) is 68.9. The highest BCUT2D eigenvalue weighted by atomic mass is 16.6. The molecule has 604 valence electrons. The van der Waals surface area contributed by atoms with E-state index in [1.165, 1.54) is 263 Å². The quantitative estimate of drug-likeness (QED) is 0.155. The van der Waals surface area contributed by atoms with Crippen molar-refractivity contribution in [1.82, 2.24) is 0 Å². The van der Waals surface area contributed by atoms with Crippen LogP contribution < -0.4 is 0 Å². The summed E-state index contributed by atoms with van der Waals surface area (Å²) in [5, 5.41) is 63.2. The van der Waals surface area contributed by atoms with Gasteiger partial charge < -0.3 is 54.3 Å². The van der Waals surface area contributed by atoms with Crippen molar-refractivity contribution in [2.45, 2.75) is 394 Å². The highest BCUT2D eigenvalue weighted by Crippen LogP contribution is 2.50. The molecule has 0 aromatic rings. The fourth-order valence-corrected chi connectivity index (χ4v) is 22.9. The van der Waals surface area contributed by atoms with E-state index < -0.39 is 42.7 Å². The lowest BCUT2D eigenvalue weighted by molar-refractivity contribution is -0.183. The highest BCUT2D eigenvalue weighted by molar-refractivity contribution is 5.10. The number of aliphatic hydroxyl groups excluding tert-OH is 5. The third kappa shape index (κ3) is 29.9. The minimum Gasteiger partial charge on any atom is -0.394 e. The summed E-state index contributed by atoms with van der Waals surface area (Å²) in [7, 11) is 0. The van der Waals surface area contributed by atoms with Gasteiger partial charge in [-0.15, -0.1) is 0 Å². The summed E-state index contributed by atoms with van der Waals surface area (Å²) in [4.78, 5) is 0. The van der Waals surface area contributed by atoms with Crippen molar-refractivity contribution in [2.75, 3.05) is 59.5 Å². The molecule has 8 aliphatic rings. The van der Waals surface area contributed by atoms with Gasteiger partial charge in [0.05, 0.1) is 33.0 Å². The van der Waals surface area contributed by atoms with Crippen molar-refractivity contribution >= 4 is 0 Å². The summed E-state index contributed by atoms with van der Waals surface area (Å²) in [6.07, 6.45) is 52.8. The Morgan fingerprint density at radius 3 is 1.02 bits per heavy atom. The molecular weight excluding hydrogens is 1280 g/mol. The predicted molar refractivity (Wildman–Crippen MR) is 425 cm³/mol. The molecule has 8 fully saturated rings. The van der Waals surface area contributed by atoms with Gasteiger partial charge in [-0.25, -0.2) is 0 Å². The lowest BCUT2D eigenvalue weighted by Crippen LogP contribution is -2.53. The molecule has 0 unspecified atom stereocenters. The lowest BCUT2D eigenvalue weighted by atomic mass is 9.83. The normalized spacial score (nSPS) is 44.7. The maximum absolute atomic E-state index is 11.1. The summed E-state index contributed by atoms with van der Waals surface area (Å²) in [6, 6.07) is 0. The van der Waals surface area contributed by atoms with Gasteiger partial charge in [0.25, 0.3) is 0 Å². The second kappa shape index (κ2) is 47.2. The molecule has 0 spiro atoms. The second-order valence-electron chi connectivity index (χ2n) is 39.5. The van der Waals surface area contributed by atoms with E-state index in [1.807, 2.05) is 0 Å². The van der Waals surface area contributed by atoms with Crippen LogP contribution in [0.2, 0.25) is 0 Å². The molecule has 1 aliphatic heterocycles. The van der Waals surface area contributed by atoms with E-state index >= 15 is 0 Å². The van der Waals surface area contributed by atoms with E-state index in [2.05, 4.69) is 69.2 Å². The Bertz CT molecular complexity index is 2180. The predicted octanol–water partition coefficient (Wildman–Crippen LogP) is 21.0. The fraction of sp³-hybridized carbons (Fsp3) is 1.00. The number of fused-ring (bicyclic) bond motifs is 14. The number of aliphatic hydroxyl groups is 6. The van der Waals surface area contributed by atoms with Gasteiger partial charge in [0.1, 0.15) is 42.2 Å². The van der Waals surface area contributed by atoms with E-state index in [0.717, 1.165) is 145 Å². The van der Waals surface area contributed by atoms with Crippen LogP contribution in [0.5, 0.6) is 0 Å². The van der Waals surface area contributed by atoms with E-state index in [4.69, 9.17) is 23.7 Å². The van der Waals surface area contributed by atoms with Crippen molar-refractivity contribution in [1.29, 1.82) is 0 Å². The van der Waals surface area contributed by atoms with Gasteiger partial charge >= 0.3 is 0 Å². The van der Waals surface area contributed by atoms with E-state index in [9.17, 15) is 30.6 Å². The number of hydrogen-bond acceptors (Lipinski definition) is 11. The fourth-order valence-electron chi connectivity index (χ4n) is 22.9. The van der Waals surface area contributed by atoms with Crippen molar-refractivity contribution in [3.8, 4) is 0 Å². The molecule has 7 saturated carbocycles. The lowest BCUT2D eigenvalue weighted by Gasteiger charge is -2.32. The molecule has 0 aromatic carbocycles. The van der Waals surface area contributed by atoms with E-state index in [-0.39, 0.29) is 19.3 Å². The Morgan fingerprint density at radius 1 is 0.311 bits per heavy atom. The first kappa shape index (κ1) is 88.1. The van der Waals surface area contributed by atoms with Crippen molar-refractivity contribution in [3.63, 3.8) is 0 Å². The van der Waals surface area contributed by atoms with Gasteiger partial charge in [-0.1, -0.05) is 236 Å². The summed E-state index contributed by atoms with van der Waals surface area (Å²) in [5.41, 5.74) is -2.18. The van der Waals surface area contributed by atoms with Crippen LogP contribution in [0.1, 0.15) is 352 Å². The maximum Gasteiger partial charge on any atom is 0.145 e. The van der Waals surface area contributed by atoms with Crippen molar-refractivity contribution in [2.24, 2.45) is 130 Å². The first-order valence-corrected chi connectivity index (χ1v) is 45.7. The Kier molecular flexibility index (Phi) is 40.4. The smallest absolute Gasteiger partial charge is 0.145 e. The van der Waals surface area contributed by atoms with Crippen LogP contribution in [0.25, 0.3) is 0 Å². The molecule has 7 aliphatic carbocycles. The topological polar surface area (TPSA) is 168 Å². The largest absolute Gasteiger partial charge is 0.394 e. The van der Waals surface area contributed by atoms with E-state index in [1.54, 1.807) is 0 Å². The van der Waals surface area contributed by atoms with Gasteiger partial charge in [-0.3, -0.25) is 0 Å². The minimum absolute atomic E-state index is 0.00971. The van der Waals surface area contributed by atoms with Crippen LogP contribution in [0.3, 0.4) is 0 Å². The van der Waals surface area contributed by atoms with Crippen LogP contribution in [0.4, 0.5) is 0 Å². The number of hydrogen-bond donors (Lipinski definition) is 6. The van der Waals surface area contributed by atoms with Crippen LogP contribution in [0.15, 0.2) is 0 Å². The molecule has 8 rings (SSSR count). The molecule has 0 aromatic heterocycles.